The Morgan fingerprint density at radius 1 is 1.14 bits per heavy atom. The van der Waals surface area contributed by atoms with Crippen molar-refractivity contribution in [2.45, 2.75) is 0 Å². The third-order valence-electron chi connectivity index (χ3n) is 3.87. The highest BCUT2D eigenvalue weighted by atomic mass is 16.5. The van der Waals surface area contributed by atoms with E-state index in [1.54, 1.807) is 48.5 Å². The van der Waals surface area contributed by atoms with Gasteiger partial charge in [0, 0.05) is 23.9 Å². The second-order valence-electron chi connectivity index (χ2n) is 5.93. The van der Waals surface area contributed by atoms with E-state index < -0.39 is 5.91 Å². The molecule has 3 amide bonds. The summed E-state index contributed by atoms with van der Waals surface area (Å²) >= 11 is 0. The van der Waals surface area contributed by atoms with Gasteiger partial charge in [-0.2, -0.15) is 0 Å². The number of terminal acetylenes is 1. The number of carbonyl (C=O) groups excluding carboxylic acids is 3. The fourth-order valence-electron chi connectivity index (χ4n) is 2.33. The largest absolute Gasteiger partial charge is 0.497 e. The Morgan fingerprint density at radius 2 is 1.86 bits per heavy atom. The molecule has 0 fully saturated rings. The van der Waals surface area contributed by atoms with E-state index in [0.717, 1.165) is 0 Å². The minimum Gasteiger partial charge on any atom is -0.497 e. The summed E-state index contributed by atoms with van der Waals surface area (Å²) in [7, 11) is 3.02. The topological polar surface area (TPSA) is 87.7 Å². The molecule has 0 saturated carbocycles. The van der Waals surface area contributed by atoms with Crippen molar-refractivity contribution in [2.24, 2.45) is 0 Å². The van der Waals surface area contributed by atoms with Gasteiger partial charge in [0.1, 0.15) is 5.75 Å². The lowest BCUT2D eigenvalue weighted by atomic mass is 10.2. The molecule has 2 aromatic rings. The van der Waals surface area contributed by atoms with Crippen molar-refractivity contribution in [3.63, 3.8) is 0 Å². The van der Waals surface area contributed by atoms with Crippen molar-refractivity contribution in [3.8, 4) is 18.1 Å². The molecule has 28 heavy (non-hydrogen) atoms. The Morgan fingerprint density at radius 3 is 2.50 bits per heavy atom. The number of carbonyl (C=O) groups is 3. The third kappa shape index (κ3) is 5.88. The molecule has 2 N–H and O–H groups in total. The molecule has 0 radical (unpaired) electrons. The van der Waals surface area contributed by atoms with Crippen LogP contribution in [0.4, 0.5) is 5.69 Å². The summed E-state index contributed by atoms with van der Waals surface area (Å²) in [5.41, 5.74) is 1.60. The van der Waals surface area contributed by atoms with Gasteiger partial charge in [-0.1, -0.05) is 12.0 Å². The number of hydrogen-bond donors (Lipinski definition) is 2. The van der Waals surface area contributed by atoms with Crippen LogP contribution in [0.2, 0.25) is 0 Å². The van der Waals surface area contributed by atoms with Gasteiger partial charge in [-0.25, -0.2) is 0 Å². The highest BCUT2D eigenvalue weighted by molar-refractivity contribution is 5.98. The molecule has 0 bridgehead atoms. The molecule has 0 aliphatic heterocycles. The summed E-state index contributed by atoms with van der Waals surface area (Å²) in [5.74, 6) is 1.96. The molecule has 0 unspecified atom stereocenters. The monoisotopic (exact) mass is 379 g/mol. The number of amides is 3. The highest BCUT2D eigenvalue weighted by Crippen LogP contribution is 2.11. The molecule has 0 aromatic heterocycles. The number of ether oxygens (including phenoxy) is 1. The van der Waals surface area contributed by atoms with Crippen LogP contribution in [0.3, 0.4) is 0 Å². The van der Waals surface area contributed by atoms with Crippen LogP contribution >= 0.6 is 0 Å². The zero-order chi connectivity index (χ0) is 20.5. The number of hydrogen-bond acceptors (Lipinski definition) is 4. The van der Waals surface area contributed by atoms with E-state index in [1.807, 2.05) is 0 Å². The normalized spacial score (nSPS) is 9.75. The molecule has 0 atom stereocenters. The first-order valence-corrected chi connectivity index (χ1v) is 8.45. The number of anilines is 1. The quantitative estimate of drug-likeness (QED) is 0.714. The van der Waals surface area contributed by atoms with E-state index in [9.17, 15) is 14.4 Å². The van der Waals surface area contributed by atoms with E-state index >= 15 is 0 Å². The molecule has 0 aliphatic rings. The Bertz CT molecular complexity index is 901. The molecule has 0 aliphatic carbocycles. The summed E-state index contributed by atoms with van der Waals surface area (Å²) in [6, 6.07) is 13.3. The van der Waals surface area contributed by atoms with Gasteiger partial charge in [0.25, 0.3) is 5.91 Å². The van der Waals surface area contributed by atoms with Crippen molar-refractivity contribution in [1.82, 2.24) is 10.2 Å². The fraction of sp³-hybridized carbons (Fsp3) is 0.190. The van der Waals surface area contributed by atoms with Crippen molar-refractivity contribution in [1.29, 1.82) is 0 Å². The Balaban J connectivity index is 1.82. The first kappa shape index (κ1) is 20.5. The maximum absolute atomic E-state index is 12.2. The van der Waals surface area contributed by atoms with Gasteiger partial charge in [0.15, 0.2) is 0 Å². The number of benzene rings is 2. The lowest BCUT2D eigenvalue weighted by Gasteiger charge is -2.17. The minimum atomic E-state index is -0.394. The zero-order valence-electron chi connectivity index (χ0n) is 15.7. The Labute approximate surface area is 163 Å². The van der Waals surface area contributed by atoms with Crippen LogP contribution < -0.4 is 15.4 Å². The lowest BCUT2D eigenvalue weighted by molar-refractivity contribution is -0.132. The predicted molar refractivity (Wildman–Crippen MR) is 106 cm³/mol. The maximum Gasteiger partial charge on any atom is 0.251 e. The van der Waals surface area contributed by atoms with Crippen molar-refractivity contribution < 1.29 is 19.1 Å². The average Bonchev–Trinajstić information content (AvgIpc) is 2.71. The first-order valence-electron chi connectivity index (χ1n) is 8.45. The molecule has 0 heterocycles. The van der Waals surface area contributed by atoms with Crippen molar-refractivity contribution >= 4 is 23.4 Å². The molecule has 0 spiro atoms. The van der Waals surface area contributed by atoms with Gasteiger partial charge in [-0.3, -0.25) is 14.4 Å². The standard InChI is InChI=1S/C21H21N3O4/c1-4-15-6-5-7-17(12-15)23-19(25)14-24(2)20(26)13-22-21(27)16-8-10-18(28-3)11-9-16/h1,5-12H,13-14H2,2-3H3,(H,22,27)(H,23,25). The van der Waals surface area contributed by atoms with Gasteiger partial charge < -0.3 is 20.3 Å². The number of nitrogens with zero attached hydrogens (tertiary/aromatic N) is 1. The van der Waals surface area contributed by atoms with Crippen LogP contribution in [0, 0.1) is 12.3 Å². The van der Waals surface area contributed by atoms with Crippen LogP contribution in [-0.4, -0.2) is 49.9 Å². The molecule has 2 rings (SSSR count). The Kier molecular flexibility index (Phi) is 7.17. The van der Waals surface area contributed by atoms with E-state index in [2.05, 4.69) is 16.6 Å². The summed E-state index contributed by atoms with van der Waals surface area (Å²) in [6.45, 7) is -0.376. The second kappa shape index (κ2) is 9.78. The zero-order valence-corrected chi connectivity index (χ0v) is 15.7. The van der Waals surface area contributed by atoms with Crippen molar-refractivity contribution in [3.05, 3.63) is 59.7 Å². The second-order valence-corrected chi connectivity index (χ2v) is 5.93. The highest BCUT2D eigenvalue weighted by Gasteiger charge is 2.15. The van der Waals surface area contributed by atoms with E-state index in [0.29, 0.717) is 22.6 Å². The van der Waals surface area contributed by atoms with Crippen LogP contribution in [0.15, 0.2) is 48.5 Å². The van der Waals surface area contributed by atoms with Crippen LogP contribution in [-0.2, 0) is 9.59 Å². The van der Waals surface area contributed by atoms with E-state index in [1.165, 1.54) is 19.1 Å². The SMILES string of the molecule is C#Cc1cccc(NC(=O)CN(C)C(=O)CNC(=O)c2ccc(OC)cc2)c1. The summed E-state index contributed by atoms with van der Waals surface area (Å²) < 4.78 is 5.03. The maximum atomic E-state index is 12.2. The molecular formula is C21H21N3O4. The fourth-order valence-corrected chi connectivity index (χ4v) is 2.33. The summed E-state index contributed by atoms with van der Waals surface area (Å²) in [5, 5.41) is 5.21. The summed E-state index contributed by atoms with van der Waals surface area (Å²) in [6.07, 6.45) is 5.33. The van der Waals surface area contributed by atoms with Gasteiger partial charge >= 0.3 is 0 Å². The van der Waals surface area contributed by atoms with Crippen molar-refractivity contribution in [2.75, 3.05) is 32.6 Å². The molecular weight excluding hydrogens is 358 g/mol. The van der Waals surface area contributed by atoms with Crippen LogP contribution in [0.25, 0.3) is 0 Å². The molecule has 2 aromatic carbocycles. The predicted octanol–water partition coefficient (Wildman–Crippen LogP) is 1.50. The number of likely N-dealkylation sites (N-methyl/N-ethyl adjacent to an activating group) is 1. The third-order valence-corrected chi connectivity index (χ3v) is 3.87. The van der Waals surface area contributed by atoms with E-state index in [-0.39, 0.29) is 24.9 Å². The molecule has 0 saturated heterocycles. The number of methoxy groups -OCH3 is 1. The number of rotatable bonds is 7. The minimum absolute atomic E-state index is 0.155. The van der Waals surface area contributed by atoms with Crippen LogP contribution in [0.1, 0.15) is 15.9 Å². The summed E-state index contributed by atoms with van der Waals surface area (Å²) in [4.78, 5) is 37.6. The first-order chi connectivity index (χ1) is 13.4. The van der Waals surface area contributed by atoms with E-state index in [4.69, 9.17) is 11.2 Å². The molecule has 7 nitrogen and oxygen atoms in total. The van der Waals surface area contributed by atoms with Gasteiger partial charge in [-0.15, -0.1) is 6.42 Å². The van der Waals surface area contributed by atoms with Gasteiger partial charge in [0.05, 0.1) is 20.2 Å². The Hall–Kier alpha value is -3.79. The molecule has 144 valence electrons. The van der Waals surface area contributed by atoms with Crippen LogP contribution in [0.5, 0.6) is 5.75 Å². The smallest absolute Gasteiger partial charge is 0.251 e. The number of nitrogens with one attached hydrogen (secondary N) is 2. The average molecular weight is 379 g/mol. The van der Waals surface area contributed by atoms with Gasteiger partial charge in [-0.05, 0) is 42.5 Å². The van der Waals surface area contributed by atoms with Gasteiger partial charge in [0.2, 0.25) is 11.8 Å². The lowest BCUT2D eigenvalue weighted by Crippen LogP contribution is -2.41. The molecule has 7 heteroatoms.